The summed E-state index contributed by atoms with van der Waals surface area (Å²) in [5.74, 6) is 0. The number of hydrogen-bond donors (Lipinski definition) is 0. The van der Waals surface area contributed by atoms with E-state index in [1.807, 2.05) is 6.92 Å². The first kappa shape index (κ1) is 13.2. The molecular formula is C10H16N2. The zero-order valence-corrected chi connectivity index (χ0v) is 7.88. The van der Waals surface area contributed by atoms with Gasteiger partial charge in [0.05, 0.1) is 5.70 Å². The first-order valence-corrected chi connectivity index (χ1v) is 3.47. The van der Waals surface area contributed by atoms with E-state index in [0.29, 0.717) is 0 Å². The van der Waals surface area contributed by atoms with Crippen molar-refractivity contribution in [3.63, 3.8) is 0 Å². The molecule has 0 fully saturated rings. The summed E-state index contributed by atoms with van der Waals surface area (Å²) in [5.41, 5.74) is 1.68. The largest absolute Gasteiger partial charge is 0.296 e. The summed E-state index contributed by atoms with van der Waals surface area (Å²) in [6.45, 7) is 15.0. The van der Waals surface area contributed by atoms with E-state index in [4.69, 9.17) is 0 Å². The maximum atomic E-state index is 3.78. The van der Waals surface area contributed by atoms with Gasteiger partial charge in [-0.15, -0.1) is 13.2 Å². The second-order valence-electron chi connectivity index (χ2n) is 1.90. The molecule has 0 aromatic carbocycles. The Hall–Kier alpha value is -1.44. The summed E-state index contributed by atoms with van der Waals surface area (Å²) >= 11 is 0. The van der Waals surface area contributed by atoms with Crippen LogP contribution in [0.4, 0.5) is 0 Å². The Morgan fingerprint density at radius 2 is 1.83 bits per heavy atom. The van der Waals surface area contributed by atoms with E-state index >= 15 is 0 Å². The summed E-state index contributed by atoms with van der Waals surface area (Å²) in [5, 5.41) is 0. The van der Waals surface area contributed by atoms with Gasteiger partial charge in [-0.05, 0) is 25.3 Å². The minimum atomic E-state index is 0.783. The average molecular weight is 164 g/mol. The lowest BCUT2D eigenvalue weighted by Gasteiger charge is -1.94. The van der Waals surface area contributed by atoms with E-state index in [9.17, 15) is 0 Å². The molecule has 0 aliphatic carbocycles. The Kier molecular flexibility index (Phi) is 10.5. The molecule has 0 aliphatic rings. The lowest BCUT2D eigenvalue weighted by atomic mass is 10.2. The minimum Gasteiger partial charge on any atom is -0.296 e. The van der Waals surface area contributed by atoms with Crippen LogP contribution in [0.3, 0.4) is 0 Å². The second kappa shape index (κ2) is 9.56. The third kappa shape index (κ3) is 6.68. The number of nitrogens with zero attached hydrogens (tertiary/aromatic N) is 2. The van der Waals surface area contributed by atoms with Gasteiger partial charge in [-0.2, -0.15) is 0 Å². The molecule has 66 valence electrons. The molecule has 0 bridgehead atoms. The van der Waals surface area contributed by atoms with Gasteiger partial charge in [0.1, 0.15) is 0 Å². The van der Waals surface area contributed by atoms with E-state index < -0.39 is 0 Å². The van der Waals surface area contributed by atoms with Crippen molar-refractivity contribution in [2.45, 2.75) is 6.92 Å². The van der Waals surface area contributed by atoms with Gasteiger partial charge in [-0.25, -0.2) is 0 Å². The maximum Gasteiger partial charge on any atom is 0.0660 e. The fraction of sp³-hybridized carbons (Fsp3) is 0.200. The lowest BCUT2D eigenvalue weighted by Crippen LogP contribution is -1.78. The lowest BCUT2D eigenvalue weighted by molar-refractivity contribution is 1.32. The Morgan fingerprint density at radius 3 is 2.08 bits per heavy atom. The molecule has 0 N–H and O–H groups in total. The predicted molar refractivity (Wildman–Crippen MR) is 58.1 cm³/mol. The van der Waals surface area contributed by atoms with Gasteiger partial charge in [-0.1, -0.05) is 6.58 Å². The van der Waals surface area contributed by atoms with E-state index in [-0.39, 0.29) is 0 Å². The summed E-state index contributed by atoms with van der Waals surface area (Å²) in [4.78, 5) is 7.52. The highest BCUT2D eigenvalue weighted by molar-refractivity contribution is 5.73. The first-order valence-electron chi connectivity index (χ1n) is 3.47. The third-order valence-electron chi connectivity index (χ3n) is 0.989. The smallest absolute Gasteiger partial charge is 0.0660 e. The van der Waals surface area contributed by atoms with Crippen molar-refractivity contribution in [1.29, 1.82) is 0 Å². The molecule has 2 nitrogen and oxygen atoms in total. The molecular weight excluding hydrogens is 148 g/mol. The molecule has 0 heterocycles. The fourth-order valence-electron chi connectivity index (χ4n) is 0.475. The minimum absolute atomic E-state index is 0.783. The van der Waals surface area contributed by atoms with E-state index in [2.05, 4.69) is 36.4 Å². The Labute approximate surface area is 74.8 Å². The van der Waals surface area contributed by atoms with Gasteiger partial charge < -0.3 is 0 Å². The van der Waals surface area contributed by atoms with E-state index in [1.165, 1.54) is 0 Å². The topological polar surface area (TPSA) is 24.7 Å². The van der Waals surface area contributed by atoms with Crippen LogP contribution < -0.4 is 0 Å². The standard InChI is InChI=1S/C8H12N2.C2H4/c1-7(2)8(10-4)5-6-9-3;1-2/h5-6H,1,4H2,2-3H3;1-2H2/b8-5+,9-6?;. The molecule has 12 heavy (non-hydrogen) atoms. The van der Waals surface area contributed by atoms with Crippen LogP contribution in [0.25, 0.3) is 0 Å². The molecule has 0 aliphatic heterocycles. The van der Waals surface area contributed by atoms with Crippen LogP contribution in [0.5, 0.6) is 0 Å². The van der Waals surface area contributed by atoms with Crippen molar-refractivity contribution < 1.29 is 0 Å². The van der Waals surface area contributed by atoms with Gasteiger partial charge >= 0.3 is 0 Å². The van der Waals surface area contributed by atoms with Crippen LogP contribution in [0.1, 0.15) is 6.92 Å². The highest BCUT2D eigenvalue weighted by Crippen LogP contribution is 2.05. The summed E-state index contributed by atoms with van der Waals surface area (Å²) in [6.07, 6.45) is 3.44. The SMILES string of the molecule is C=C.C=N/C(=C/C=NC)C(=C)C. The quantitative estimate of drug-likeness (QED) is 0.348. The summed E-state index contributed by atoms with van der Waals surface area (Å²) < 4.78 is 0. The van der Waals surface area contributed by atoms with Crippen molar-refractivity contribution >= 4 is 12.9 Å². The van der Waals surface area contributed by atoms with Gasteiger partial charge in [-0.3, -0.25) is 9.98 Å². The predicted octanol–water partition coefficient (Wildman–Crippen LogP) is 2.65. The molecule has 0 spiro atoms. The normalized spacial score (nSPS) is 10.3. The van der Waals surface area contributed by atoms with Crippen molar-refractivity contribution in [2.24, 2.45) is 9.98 Å². The van der Waals surface area contributed by atoms with Crippen molar-refractivity contribution in [3.05, 3.63) is 37.1 Å². The zero-order chi connectivity index (χ0) is 9.98. The van der Waals surface area contributed by atoms with Crippen molar-refractivity contribution in [2.75, 3.05) is 7.05 Å². The third-order valence-corrected chi connectivity index (χ3v) is 0.989. The molecule has 0 unspecified atom stereocenters. The van der Waals surface area contributed by atoms with Gasteiger partial charge in [0.15, 0.2) is 0 Å². The molecule has 0 atom stereocenters. The van der Waals surface area contributed by atoms with Crippen LogP contribution in [0.2, 0.25) is 0 Å². The molecule has 0 aromatic rings. The van der Waals surface area contributed by atoms with Gasteiger partial charge in [0, 0.05) is 13.3 Å². The average Bonchev–Trinajstić information content (AvgIpc) is 2.09. The van der Waals surface area contributed by atoms with Crippen LogP contribution in [0.15, 0.2) is 47.1 Å². The van der Waals surface area contributed by atoms with Crippen LogP contribution >= 0.6 is 0 Å². The Bertz CT molecular complexity index is 200. The number of allylic oxidation sites excluding steroid dienone is 2. The molecule has 0 rings (SSSR count). The van der Waals surface area contributed by atoms with Gasteiger partial charge in [0.25, 0.3) is 0 Å². The molecule has 0 saturated carbocycles. The molecule has 0 amide bonds. The highest BCUT2D eigenvalue weighted by Gasteiger charge is 1.88. The number of aliphatic imine (C=N–C) groups is 2. The van der Waals surface area contributed by atoms with Crippen LogP contribution in [-0.2, 0) is 0 Å². The van der Waals surface area contributed by atoms with Crippen LogP contribution in [-0.4, -0.2) is 20.0 Å². The monoisotopic (exact) mass is 164 g/mol. The van der Waals surface area contributed by atoms with E-state index in [0.717, 1.165) is 11.3 Å². The maximum absolute atomic E-state index is 3.78. The fourth-order valence-corrected chi connectivity index (χ4v) is 0.475. The van der Waals surface area contributed by atoms with E-state index in [1.54, 1.807) is 19.3 Å². The number of rotatable bonds is 3. The number of hydrogen-bond acceptors (Lipinski definition) is 2. The molecule has 0 aromatic heterocycles. The highest BCUT2D eigenvalue weighted by atomic mass is 14.7. The summed E-state index contributed by atoms with van der Waals surface area (Å²) in [6, 6.07) is 0. The summed E-state index contributed by atoms with van der Waals surface area (Å²) in [7, 11) is 1.70. The molecule has 0 saturated heterocycles. The Morgan fingerprint density at radius 1 is 1.33 bits per heavy atom. The zero-order valence-electron chi connectivity index (χ0n) is 7.88. The van der Waals surface area contributed by atoms with Crippen LogP contribution in [0, 0.1) is 0 Å². The second-order valence-corrected chi connectivity index (χ2v) is 1.90. The Balaban J connectivity index is 0. The van der Waals surface area contributed by atoms with Gasteiger partial charge in [0.2, 0.25) is 0 Å². The first-order chi connectivity index (χ1) is 5.72. The molecule has 2 heteroatoms. The van der Waals surface area contributed by atoms with Crippen molar-refractivity contribution in [3.8, 4) is 0 Å². The molecule has 0 radical (unpaired) electrons. The van der Waals surface area contributed by atoms with Crippen molar-refractivity contribution in [1.82, 2.24) is 0 Å².